The number of carbonyl (C=O) groups is 1. The van der Waals surface area contributed by atoms with Gasteiger partial charge in [0.1, 0.15) is 5.82 Å². The molecule has 4 nitrogen and oxygen atoms in total. The zero-order valence-corrected chi connectivity index (χ0v) is 17.3. The average Bonchev–Trinajstić information content (AvgIpc) is 3.11. The highest BCUT2D eigenvalue weighted by Gasteiger charge is 2.01. The van der Waals surface area contributed by atoms with Gasteiger partial charge in [-0.05, 0) is 25.3 Å². The van der Waals surface area contributed by atoms with Crippen molar-refractivity contribution in [3.8, 4) is 0 Å². The van der Waals surface area contributed by atoms with Gasteiger partial charge in [-0.2, -0.15) is 0 Å². The van der Waals surface area contributed by atoms with Crippen molar-refractivity contribution in [2.45, 2.75) is 110 Å². The van der Waals surface area contributed by atoms with E-state index in [9.17, 15) is 4.79 Å². The molecule has 0 fully saturated rings. The number of carboxylic acid groups (broad SMARTS) is 1. The number of allylic oxidation sites excluding steroid dienone is 1. The first-order valence-electron chi connectivity index (χ1n) is 11.1. The Morgan fingerprint density at radius 1 is 0.963 bits per heavy atom. The van der Waals surface area contributed by atoms with E-state index < -0.39 is 5.97 Å². The van der Waals surface area contributed by atoms with Crippen LogP contribution in [0.3, 0.4) is 0 Å². The third-order valence-electron chi connectivity index (χ3n) is 5.01. The van der Waals surface area contributed by atoms with Crippen LogP contribution in [-0.2, 0) is 11.2 Å². The van der Waals surface area contributed by atoms with Crippen molar-refractivity contribution < 1.29 is 9.90 Å². The highest BCUT2D eigenvalue weighted by molar-refractivity contribution is 5.66. The van der Waals surface area contributed by atoms with Gasteiger partial charge in [-0.25, -0.2) is 4.98 Å². The molecule has 0 unspecified atom stereocenters. The van der Waals surface area contributed by atoms with Crippen molar-refractivity contribution in [3.63, 3.8) is 0 Å². The molecule has 0 aliphatic rings. The number of aromatic amines is 1. The summed E-state index contributed by atoms with van der Waals surface area (Å²) in [7, 11) is 0. The number of hydrogen-bond acceptors (Lipinski definition) is 2. The quantitative estimate of drug-likeness (QED) is 0.273. The van der Waals surface area contributed by atoms with E-state index in [2.05, 4.69) is 23.0 Å². The predicted octanol–water partition coefficient (Wildman–Crippen LogP) is 6.92. The highest BCUT2D eigenvalue weighted by atomic mass is 16.4. The van der Waals surface area contributed by atoms with Crippen molar-refractivity contribution in [3.05, 3.63) is 23.8 Å². The Bertz CT molecular complexity index is 508. The molecule has 1 rings (SSSR count). The monoisotopic (exact) mass is 376 g/mol. The Hall–Kier alpha value is -1.58. The lowest BCUT2D eigenvalue weighted by molar-refractivity contribution is -0.136. The Labute approximate surface area is 165 Å². The summed E-state index contributed by atoms with van der Waals surface area (Å²) in [6, 6.07) is 0. The molecule has 1 aromatic rings. The molecule has 0 radical (unpaired) electrons. The van der Waals surface area contributed by atoms with Crippen LogP contribution in [-0.4, -0.2) is 21.0 Å². The number of aliphatic carboxylic acids is 1. The maximum absolute atomic E-state index is 10.6. The van der Waals surface area contributed by atoms with E-state index in [1.54, 1.807) is 6.20 Å². The van der Waals surface area contributed by atoms with Crippen LogP contribution in [0.15, 0.2) is 12.3 Å². The van der Waals surface area contributed by atoms with Crippen LogP contribution in [0.5, 0.6) is 0 Å². The Kier molecular flexibility index (Phi) is 14.4. The van der Waals surface area contributed by atoms with Gasteiger partial charge in [0, 0.05) is 11.9 Å². The molecule has 1 heterocycles. The third-order valence-corrected chi connectivity index (χ3v) is 5.01. The summed E-state index contributed by atoms with van der Waals surface area (Å²) in [5.74, 6) is 0.0502. The lowest BCUT2D eigenvalue weighted by Crippen LogP contribution is -1.97. The zero-order chi connectivity index (χ0) is 19.6. The van der Waals surface area contributed by atoms with E-state index >= 15 is 0 Å². The van der Waals surface area contributed by atoms with Crippen molar-refractivity contribution in [1.82, 2.24) is 9.97 Å². The van der Waals surface area contributed by atoms with Crippen LogP contribution in [0.2, 0.25) is 0 Å². The molecule has 0 aromatic carbocycles. The number of carboxylic acids is 1. The molecule has 0 saturated heterocycles. The first-order chi connectivity index (χ1) is 13.2. The van der Waals surface area contributed by atoms with Crippen molar-refractivity contribution >= 4 is 12.0 Å². The van der Waals surface area contributed by atoms with E-state index in [0.717, 1.165) is 17.9 Å². The number of nitrogens with one attached hydrogen (secondary N) is 1. The molecule has 2 N–H and O–H groups in total. The standard InChI is InChI=1S/C23H40N2O2/c1-2-3-4-5-6-7-8-9-10-11-12-13-14-15-16-17-22-24-20-21(25-22)18-19-23(26)27/h16-17,20H,2-15,18-19H2,1H3,(H,24,25)(H,26,27). The number of aromatic nitrogens is 2. The fraction of sp³-hybridized carbons (Fsp3) is 0.739. The van der Waals surface area contributed by atoms with Gasteiger partial charge in [0.25, 0.3) is 0 Å². The zero-order valence-electron chi connectivity index (χ0n) is 17.3. The van der Waals surface area contributed by atoms with Gasteiger partial charge in [-0.15, -0.1) is 0 Å². The second-order valence-electron chi connectivity index (χ2n) is 7.62. The SMILES string of the molecule is CCCCCCCCCCCCCCCC=Cc1ncc(CCC(=O)O)[nH]1. The van der Waals surface area contributed by atoms with Gasteiger partial charge in [0.15, 0.2) is 0 Å². The van der Waals surface area contributed by atoms with Crippen LogP contribution in [0, 0.1) is 0 Å². The Balaban J connectivity index is 1.88. The van der Waals surface area contributed by atoms with E-state index in [1.807, 2.05) is 6.08 Å². The number of rotatable bonds is 18. The van der Waals surface area contributed by atoms with Crippen molar-refractivity contribution in [2.24, 2.45) is 0 Å². The van der Waals surface area contributed by atoms with E-state index in [1.165, 1.54) is 83.5 Å². The number of hydrogen-bond donors (Lipinski definition) is 2. The summed E-state index contributed by atoms with van der Waals surface area (Å²) in [5, 5.41) is 8.69. The molecule has 0 spiro atoms. The van der Waals surface area contributed by atoms with Gasteiger partial charge in [-0.1, -0.05) is 90.0 Å². The third kappa shape index (κ3) is 14.2. The molecule has 0 amide bonds. The number of imidazole rings is 1. The lowest BCUT2D eigenvalue weighted by atomic mass is 10.0. The molecule has 1 aromatic heterocycles. The molecular weight excluding hydrogens is 336 g/mol. The molecule has 0 atom stereocenters. The average molecular weight is 377 g/mol. The maximum Gasteiger partial charge on any atom is 0.303 e. The van der Waals surface area contributed by atoms with Gasteiger partial charge < -0.3 is 10.1 Å². The second kappa shape index (κ2) is 16.6. The highest BCUT2D eigenvalue weighted by Crippen LogP contribution is 2.13. The number of aryl methyl sites for hydroxylation is 1. The fourth-order valence-corrected chi connectivity index (χ4v) is 3.30. The molecular formula is C23H40N2O2. The summed E-state index contributed by atoms with van der Waals surface area (Å²) >= 11 is 0. The number of nitrogens with zero attached hydrogens (tertiary/aromatic N) is 1. The van der Waals surface area contributed by atoms with Crippen LogP contribution >= 0.6 is 0 Å². The van der Waals surface area contributed by atoms with Gasteiger partial charge in [-0.3, -0.25) is 4.79 Å². The van der Waals surface area contributed by atoms with Crippen LogP contribution < -0.4 is 0 Å². The van der Waals surface area contributed by atoms with E-state index in [-0.39, 0.29) is 6.42 Å². The van der Waals surface area contributed by atoms with E-state index in [0.29, 0.717) is 6.42 Å². The first kappa shape index (κ1) is 23.5. The van der Waals surface area contributed by atoms with Gasteiger partial charge in [0.05, 0.1) is 6.42 Å². The van der Waals surface area contributed by atoms with Gasteiger partial charge in [0.2, 0.25) is 0 Å². The van der Waals surface area contributed by atoms with Crippen molar-refractivity contribution in [1.29, 1.82) is 0 Å². The Morgan fingerprint density at radius 2 is 1.52 bits per heavy atom. The normalized spacial score (nSPS) is 11.4. The number of H-pyrrole nitrogens is 1. The summed E-state index contributed by atoms with van der Waals surface area (Å²) in [6.07, 6.45) is 25.6. The van der Waals surface area contributed by atoms with Crippen LogP contribution in [0.1, 0.15) is 115 Å². The maximum atomic E-state index is 10.6. The van der Waals surface area contributed by atoms with Crippen molar-refractivity contribution in [2.75, 3.05) is 0 Å². The molecule has 0 saturated carbocycles. The largest absolute Gasteiger partial charge is 0.481 e. The molecule has 0 aliphatic carbocycles. The van der Waals surface area contributed by atoms with Gasteiger partial charge >= 0.3 is 5.97 Å². The summed E-state index contributed by atoms with van der Waals surface area (Å²) in [5.41, 5.74) is 0.887. The molecule has 4 heteroatoms. The second-order valence-corrected chi connectivity index (χ2v) is 7.62. The summed E-state index contributed by atoms with van der Waals surface area (Å²) in [4.78, 5) is 18.0. The molecule has 27 heavy (non-hydrogen) atoms. The predicted molar refractivity (Wildman–Crippen MR) is 114 cm³/mol. The summed E-state index contributed by atoms with van der Waals surface area (Å²) < 4.78 is 0. The minimum absolute atomic E-state index is 0.143. The van der Waals surface area contributed by atoms with Crippen LogP contribution in [0.4, 0.5) is 0 Å². The smallest absolute Gasteiger partial charge is 0.303 e. The fourth-order valence-electron chi connectivity index (χ4n) is 3.30. The van der Waals surface area contributed by atoms with Crippen LogP contribution in [0.25, 0.3) is 6.08 Å². The molecule has 0 aliphatic heterocycles. The first-order valence-corrected chi connectivity index (χ1v) is 11.1. The molecule has 154 valence electrons. The molecule has 0 bridgehead atoms. The van der Waals surface area contributed by atoms with E-state index in [4.69, 9.17) is 5.11 Å². The summed E-state index contributed by atoms with van der Waals surface area (Å²) in [6.45, 7) is 2.28. The lowest BCUT2D eigenvalue weighted by Gasteiger charge is -2.02. The Morgan fingerprint density at radius 3 is 2.07 bits per heavy atom. The minimum Gasteiger partial charge on any atom is -0.481 e. The number of unbranched alkanes of at least 4 members (excludes halogenated alkanes) is 13. The topological polar surface area (TPSA) is 66.0 Å². The minimum atomic E-state index is -0.774.